The maximum atomic E-state index is 13.7. The van der Waals surface area contributed by atoms with Crippen LogP contribution in [0.3, 0.4) is 0 Å². The molecule has 6 atom stereocenters. The third-order valence-electron chi connectivity index (χ3n) is 8.31. The maximum absolute atomic E-state index is 13.7. The van der Waals surface area contributed by atoms with Gasteiger partial charge in [0.1, 0.15) is 11.9 Å². The number of ether oxygens (including phenoxy) is 5. The fourth-order valence-electron chi connectivity index (χ4n) is 5.90. The lowest BCUT2D eigenvalue weighted by molar-refractivity contribution is -0.0916. The largest absolute Gasteiger partial charge is 0.497 e. The molecule has 0 radical (unpaired) electrons. The number of rotatable bonds is 15. The molecule has 12 heteroatoms. The molecule has 2 saturated heterocycles. The van der Waals surface area contributed by atoms with Gasteiger partial charge in [0.15, 0.2) is 6.29 Å². The third kappa shape index (κ3) is 9.10. The number of aliphatic hydroxyl groups is 1. The first-order valence-corrected chi connectivity index (χ1v) is 17.3. The molecule has 3 aromatic carbocycles. The molecule has 0 unspecified atom stereocenters. The minimum atomic E-state index is -3.98. The molecular formula is C35H44N2O9S. The van der Waals surface area contributed by atoms with Crippen LogP contribution in [0.2, 0.25) is 0 Å². The van der Waals surface area contributed by atoms with Crippen LogP contribution in [0.15, 0.2) is 89.8 Å². The Kier molecular flexibility index (Phi) is 11.9. The first kappa shape index (κ1) is 34.8. The van der Waals surface area contributed by atoms with E-state index in [0.29, 0.717) is 19.0 Å². The van der Waals surface area contributed by atoms with Crippen LogP contribution in [0.1, 0.15) is 25.0 Å². The monoisotopic (exact) mass is 668 g/mol. The van der Waals surface area contributed by atoms with Gasteiger partial charge in [-0.2, -0.15) is 4.31 Å². The average molecular weight is 669 g/mol. The molecule has 2 aliphatic heterocycles. The van der Waals surface area contributed by atoms with E-state index in [4.69, 9.17) is 23.7 Å². The van der Waals surface area contributed by atoms with Gasteiger partial charge in [-0.1, -0.05) is 74.5 Å². The van der Waals surface area contributed by atoms with Gasteiger partial charge in [0, 0.05) is 13.1 Å². The van der Waals surface area contributed by atoms with E-state index in [-0.39, 0.29) is 49.0 Å². The van der Waals surface area contributed by atoms with E-state index in [1.165, 1.54) is 23.5 Å². The number of nitrogens with one attached hydrogen (secondary N) is 1. The number of methoxy groups -OCH3 is 1. The van der Waals surface area contributed by atoms with E-state index in [1.54, 1.807) is 12.1 Å². The van der Waals surface area contributed by atoms with Gasteiger partial charge >= 0.3 is 6.09 Å². The molecule has 2 fully saturated rings. The fourth-order valence-corrected chi connectivity index (χ4v) is 7.52. The Morgan fingerprint density at radius 1 is 0.915 bits per heavy atom. The summed E-state index contributed by atoms with van der Waals surface area (Å²) in [6.07, 6.45) is -3.29. The predicted molar refractivity (Wildman–Crippen MR) is 174 cm³/mol. The van der Waals surface area contributed by atoms with Gasteiger partial charge in [0.25, 0.3) is 0 Å². The first-order chi connectivity index (χ1) is 22.6. The Morgan fingerprint density at radius 2 is 1.53 bits per heavy atom. The normalized spacial score (nSPS) is 22.2. The van der Waals surface area contributed by atoms with E-state index >= 15 is 0 Å². The van der Waals surface area contributed by atoms with Crippen molar-refractivity contribution in [2.75, 3.05) is 33.4 Å². The molecule has 2 aliphatic rings. The summed E-state index contributed by atoms with van der Waals surface area (Å²) in [6, 6.07) is 24.4. The molecule has 2 N–H and O–H groups in total. The lowest BCUT2D eigenvalue weighted by atomic mass is 10.00. The van der Waals surface area contributed by atoms with Gasteiger partial charge in [-0.15, -0.1) is 0 Å². The number of sulfonamides is 1. The van der Waals surface area contributed by atoms with Gasteiger partial charge in [0.05, 0.1) is 56.0 Å². The van der Waals surface area contributed by atoms with Crippen LogP contribution in [0.5, 0.6) is 5.75 Å². The summed E-state index contributed by atoms with van der Waals surface area (Å²) in [7, 11) is -2.47. The molecule has 5 rings (SSSR count). The zero-order valence-corrected chi connectivity index (χ0v) is 27.8. The summed E-state index contributed by atoms with van der Waals surface area (Å²) in [5.74, 6) is 0.183. The zero-order valence-electron chi connectivity index (χ0n) is 26.9. The standard InChI is InChI=1S/C35H44N2O9S/c1-24(2)19-37(47(40,41)28-16-14-27(42-3)15-17-28)20-30(38)29(18-25-10-6-4-7-11-25)36-35(39)46-32-23-45-34-33(32)31(22-44-34)43-21-26-12-8-5-9-13-26/h4-17,24,29-34,38H,18-23H2,1-3H3,(H,36,39)/t29-,30+,31-,32-,33-,34+/m0/s1. The Morgan fingerprint density at radius 3 is 2.15 bits per heavy atom. The number of carbonyl (C=O) groups is 1. The number of aliphatic hydroxyl groups excluding tert-OH is 1. The van der Waals surface area contributed by atoms with Crippen molar-refractivity contribution in [1.29, 1.82) is 0 Å². The average Bonchev–Trinajstić information content (AvgIpc) is 3.66. The van der Waals surface area contributed by atoms with Gasteiger partial charge < -0.3 is 34.1 Å². The van der Waals surface area contributed by atoms with E-state index in [0.717, 1.165) is 11.1 Å². The summed E-state index contributed by atoms with van der Waals surface area (Å²) < 4.78 is 57.5. The lowest BCUT2D eigenvalue weighted by Crippen LogP contribution is -2.52. The highest BCUT2D eigenvalue weighted by Crippen LogP contribution is 2.35. The molecule has 11 nitrogen and oxygen atoms in total. The van der Waals surface area contributed by atoms with Crippen LogP contribution in [-0.4, -0.2) is 88.0 Å². The number of nitrogens with zero attached hydrogens (tertiary/aromatic N) is 1. The Hall–Kier alpha value is -3.52. The molecule has 1 amide bonds. The smallest absolute Gasteiger partial charge is 0.407 e. The Bertz CT molecular complexity index is 1520. The number of hydrogen-bond acceptors (Lipinski definition) is 9. The van der Waals surface area contributed by atoms with Crippen molar-refractivity contribution in [3.8, 4) is 5.75 Å². The second-order valence-electron chi connectivity index (χ2n) is 12.3. The number of fused-ring (bicyclic) bond motifs is 1. The number of amides is 1. The van der Waals surface area contributed by atoms with Crippen molar-refractivity contribution >= 4 is 16.1 Å². The van der Waals surface area contributed by atoms with E-state index in [9.17, 15) is 18.3 Å². The third-order valence-corrected chi connectivity index (χ3v) is 10.2. The van der Waals surface area contributed by atoms with Crippen molar-refractivity contribution in [2.24, 2.45) is 11.8 Å². The van der Waals surface area contributed by atoms with Gasteiger partial charge in [-0.25, -0.2) is 13.2 Å². The maximum Gasteiger partial charge on any atom is 0.407 e. The van der Waals surface area contributed by atoms with Crippen LogP contribution in [0.4, 0.5) is 4.79 Å². The quantitative estimate of drug-likeness (QED) is 0.247. The summed E-state index contributed by atoms with van der Waals surface area (Å²) in [4.78, 5) is 13.5. The minimum Gasteiger partial charge on any atom is -0.497 e. The first-order valence-electron chi connectivity index (χ1n) is 15.9. The van der Waals surface area contributed by atoms with E-state index < -0.39 is 40.7 Å². The highest BCUT2D eigenvalue weighted by Gasteiger charge is 2.50. The van der Waals surface area contributed by atoms with Crippen molar-refractivity contribution in [3.05, 3.63) is 96.1 Å². The molecule has 0 saturated carbocycles. The van der Waals surface area contributed by atoms with Crippen LogP contribution < -0.4 is 10.1 Å². The zero-order chi connectivity index (χ0) is 33.4. The van der Waals surface area contributed by atoms with Crippen molar-refractivity contribution in [2.45, 2.75) is 62.4 Å². The van der Waals surface area contributed by atoms with E-state index in [1.807, 2.05) is 74.5 Å². The molecule has 0 spiro atoms. The molecule has 254 valence electrons. The molecule has 0 bridgehead atoms. The highest BCUT2D eigenvalue weighted by atomic mass is 32.2. The number of benzene rings is 3. The number of hydrogen-bond donors (Lipinski definition) is 2. The predicted octanol–water partition coefficient (Wildman–Crippen LogP) is 4.00. The van der Waals surface area contributed by atoms with Gasteiger partial charge in [-0.3, -0.25) is 0 Å². The molecule has 3 aromatic rings. The van der Waals surface area contributed by atoms with Crippen LogP contribution >= 0.6 is 0 Å². The fraction of sp³-hybridized carbons (Fsp3) is 0.457. The topological polar surface area (TPSA) is 133 Å². The summed E-state index contributed by atoms with van der Waals surface area (Å²) in [5.41, 5.74) is 1.87. The summed E-state index contributed by atoms with van der Waals surface area (Å²) in [5, 5.41) is 14.4. The molecule has 47 heavy (non-hydrogen) atoms. The second-order valence-corrected chi connectivity index (χ2v) is 14.2. The van der Waals surface area contributed by atoms with Gasteiger partial charge in [-0.05, 0) is 47.7 Å². The minimum absolute atomic E-state index is 0.0262. The Balaban J connectivity index is 1.28. The highest BCUT2D eigenvalue weighted by molar-refractivity contribution is 7.89. The van der Waals surface area contributed by atoms with Crippen LogP contribution in [-0.2, 0) is 42.0 Å². The van der Waals surface area contributed by atoms with E-state index in [2.05, 4.69) is 5.32 Å². The lowest BCUT2D eigenvalue weighted by Gasteiger charge is -2.31. The molecular weight excluding hydrogens is 624 g/mol. The van der Waals surface area contributed by atoms with Crippen molar-refractivity contribution < 1.29 is 42.0 Å². The molecule has 0 aliphatic carbocycles. The summed E-state index contributed by atoms with van der Waals surface area (Å²) in [6.45, 7) is 4.57. The van der Waals surface area contributed by atoms with Crippen LogP contribution in [0.25, 0.3) is 0 Å². The van der Waals surface area contributed by atoms with Crippen molar-refractivity contribution in [1.82, 2.24) is 9.62 Å². The molecule has 0 aromatic heterocycles. The SMILES string of the molecule is COc1ccc(S(=O)(=O)N(CC(C)C)C[C@@H](O)[C@H](Cc2ccccc2)NC(=O)O[C@H]2CO[C@H]3OC[C@H](OCc4ccccc4)[C@H]32)cc1. The Labute approximate surface area is 276 Å². The summed E-state index contributed by atoms with van der Waals surface area (Å²) >= 11 is 0. The van der Waals surface area contributed by atoms with Crippen molar-refractivity contribution in [3.63, 3.8) is 0 Å². The molecule has 2 heterocycles. The number of alkyl carbamates (subject to hydrolysis) is 1. The van der Waals surface area contributed by atoms with Crippen LogP contribution in [0, 0.1) is 11.8 Å². The van der Waals surface area contributed by atoms with Gasteiger partial charge in [0.2, 0.25) is 10.0 Å². The number of carbonyl (C=O) groups excluding carboxylic acids is 1. The second kappa shape index (κ2) is 16.1.